The molecule has 0 aliphatic carbocycles. The first-order valence-corrected chi connectivity index (χ1v) is 7.50. The lowest BCUT2D eigenvalue weighted by Gasteiger charge is -2.26. The minimum Gasteiger partial charge on any atom is -0.354 e. The fraction of sp³-hybridized carbons (Fsp3) is 0.400. The number of pyridine rings is 1. The van der Waals surface area contributed by atoms with Crippen LogP contribution in [0.5, 0.6) is 0 Å². The van der Waals surface area contributed by atoms with Crippen LogP contribution >= 0.6 is 15.9 Å². The number of hydrogen-bond acceptors (Lipinski definition) is 3. The van der Waals surface area contributed by atoms with Gasteiger partial charge in [0.15, 0.2) is 0 Å². The van der Waals surface area contributed by atoms with Crippen molar-refractivity contribution in [3.8, 4) is 0 Å². The van der Waals surface area contributed by atoms with Crippen LogP contribution < -0.4 is 10.6 Å². The van der Waals surface area contributed by atoms with Crippen molar-refractivity contribution in [1.82, 2.24) is 4.98 Å². The molecule has 0 bridgehead atoms. The van der Waals surface area contributed by atoms with E-state index in [9.17, 15) is 0 Å². The summed E-state index contributed by atoms with van der Waals surface area (Å²) < 4.78 is 1.02. The number of likely N-dealkylation sites (N-methyl/N-ethyl adjacent to an activating group) is 1. The zero-order valence-electron chi connectivity index (χ0n) is 11.4. The largest absolute Gasteiger partial charge is 0.354 e. The second-order valence-corrected chi connectivity index (χ2v) is 5.55. The molecule has 1 aromatic heterocycles. The number of para-hydroxylation sites is 1. The summed E-state index contributed by atoms with van der Waals surface area (Å²) in [6, 6.07) is 10.5. The van der Waals surface area contributed by atoms with Crippen molar-refractivity contribution < 1.29 is 0 Å². The SMILES string of the molecule is CC[C@H](N)CN(CC)c1nc2ccccc2cc1Br. The quantitative estimate of drug-likeness (QED) is 0.915. The molecule has 4 heteroatoms. The average molecular weight is 322 g/mol. The van der Waals surface area contributed by atoms with Crippen LogP contribution in [0.3, 0.4) is 0 Å². The van der Waals surface area contributed by atoms with Crippen molar-refractivity contribution in [2.24, 2.45) is 5.73 Å². The summed E-state index contributed by atoms with van der Waals surface area (Å²) in [5, 5.41) is 1.15. The van der Waals surface area contributed by atoms with Gasteiger partial charge < -0.3 is 10.6 Å². The molecule has 2 rings (SSSR count). The van der Waals surface area contributed by atoms with Gasteiger partial charge in [-0.2, -0.15) is 0 Å². The standard InChI is InChI=1S/C15H20BrN3/c1-3-12(17)10-19(4-2)15-13(16)9-11-7-5-6-8-14(11)18-15/h5-9,12H,3-4,10,17H2,1-2H3/t12-/m0/s1. The first kappa shape index (κ1) is 14.3. The Hall–Kier alpha value is -1.13. The van der Waals surface area contributed by atoms with Gasteiger partial charge >= 0.3 is 0 Å². The van der Waals surface area contributed by atoms with Crippen molar-refractivity contribution in [3.63, 3.8) is 0 Å². The highest BCUT2D eigenvalue weighted by atomic mass is 79.9. The van der Waals surface area contributed by atoms with Gasteiger partial charge in [-0.1, -0.05) is 25.1 Å². The normalized spacial score (nSPS) is 12.6. The van der Waals surface area contributed by atoms with E-state index in [0.717, 1.165) is 40.7 Å². The molecule has 3 nitrogen and oxygen atoms in total. The number of halogens is 1. The molecule has 1 aromatic carbocycles. The van der Waals surface area contributed by atoms with E-state index in [1.54, 1.807) is 0 Å². The average Bonchev–Trinajstić information content (AvgIpc) is 2.44. The molecule has 0 fully saturated rings. The zero-order valence-corrected chi connectivity index (χ0v) is 13.0. The van der Waals surface area contributed by atoms with Gasteiger partial charge in [0.05, 0.1) is 9.99 Å². The van der Waals surface area contributed by atoms with E-state index in [1.165, 1.54) is 0 Å². The third-order valence-corrected chi connectivity index (χ3v) is 3.90. The minimum absolute atomic E-state index is 0.181. The topological polar surface area (TPSA) is 42.1 Å². The van der Waals surface area contributed by atoms with Crippen molar-refractivity contribution in [2.45, 2.75) is 26.3 Å². The molecule has 0 saturated heterocycles. The van der Waals surface area contributed by atoms with Crippen LogP contribution in [0.1, 0.15) is 20.3 Å². The van der Waals surface area contributed by atoms with E-state index >= 15 is 0 Å². The first-order chi connectivity index (χ1) is 9.15. The number of aromatic nitrogens is 1. The highest BCUT2D eigenvalue weighted by Crippen LogP contribution is 2.28. The monoisotopic (exact) mass is 321 g/mol. The molecule has 102 valence electrons. The van der Waals surface area contributed by atoms with Crippen molar-refractivity contribution >= 4 is 32.7 Å². The second kappa shape index (κ2) is 6.35. The molecule has 1 heterocycles. The maximum Gasteiger partial charge on any atom is 0.143 e. The molecular weight excluding hydrogens is 302 g/mol. The molecule has 0 aliphatic heterocycles. The van der Waals surface area contributed by atoms with Crippen molar-refractivity contribution in [1.29, 1.82) is 0 Å². The van der Waals surface area contributed by atoms with Gasteiger partial charge in [0.1, 0.15) is 5.82 Å². The Bertz CT molecular complexity index is 556. The molecule has 0 amide bonds. The van der Waals surface area contributed by atoms with E-state index in [0.29, 0.717) is 0 Å². The zero-order chi connectivity index (χ0) is 13.8. The molecule has 0 unspecified atom stereocenters. The summed E-state index contributed by atoms with van der Waals surface area (Å²) >= 11 is 3.63. The number of rotatable bonds is 5. The third kappa shape index (κ3) is 3.25. The Kier molecular flexibility index (Phi) is 4.77. The number of anilines is 1. The Labute approximate surface area is 122 Å². The van der Waals surface area contributed by atoms with Crippen LogP contribution in [0.4, 0.5) is 5.82 Å². The van der Waals surface area contributed by atoms with Crippen LogP contribution in [0.25, 0.3) is 10.9 Å². The molecule has 0 saturated carbocycles. The van der Waals surface area contributed by atoms with Gasteiger partial charge in [-0.15, -0.1) is 0 Å². The Morgan fingerprint density at radius 1 is 1.32 bits per heavy atom. The fourth-order valence-corrected chi connectivity index (χ4v) is 2.67. The molecule has 0 aliphatic rings. The number of nitrogens with zero attached hydrogens (tertiary/aromatic N) is 2. The minimum atomic E-state index is 0.181. The van der Waals surface area contributed by atoms with Crippen LogP contribution in [-0.4, -0.2) is 24.1 Å². The van der Waals surface area contributed by atoms with E-state index in [4.69, 9.17) is 10.7 Å². The summed E-state index contributed by atoms with van der Waals surface area (Å²) in [6.07, 6.45) is 0.974. The van der Waals surface area contributed by atoms with E-state index < -0.39 is 0 Å². The van der Waals surface area contributed by atoms with Gasteiger partial charge in [-0.25, -0.2) is 4.98 Å². The Balaban J connectivity index is 2.39. The predicted molar refractivity (Wildman–Crippen MR) is 85.6 cm³/mol. The van der Waals surface area contributed by atoms with Gasteiger partial charge in [0, 0.05) is 24.5 Å². The summed E-state index contributed by atoms with van der Waals surface area (Å²) in [5.41, 5.74) is 7.08. The summed E-state index contributed by atoms with van der Waals surface area (Å²) in [4.78, 5) is 6.98. The van der Waals surface area contributed by atoms with E-state index in [1.807, 2.05) is 18.2 Å². The number of fused-ring (bicyclic) bond motifs is 1. The molecule has 0 radical (unpaired) electrons. The highest BCUT2D eigenvalue weighted by Gasteiger charge is 2.14. The maximum absolute atomic E-state index is 6.06. The third-order valence-electron chi connectivity index (χ3n) is 3.32. The molecule has 19 heavy (non-hydrogen) atoms. The number of benzene rings is 1. The van der Waals surface area contributed by atoms with E-state index in [2.05, 4.69) is 46.8 Å². The lowest BCUT2D eigenvalue weighted by molar-refractivity contribution is 0.619. The van der Waals surface area contributed by atoms with E-state index in [-0.39, 0.29) is 6.04 Å². The summed E-state index contributed by atoms with van der Waals surface area (Å²) in [5.74, 6) is 0.977. The van der Waals surface area contributed by atoms with Crippen LogP contribution in [0.15, 0.2) is 34.8 Å². The molecule has 1 atom stereocenters. The Morgan fingerprint density at radius 3 is 2.74 bits per heavy atom. The van der Waals surface area contributed by atoms with Crippen LogP contribution in [-0.2, 0) is 0 Å². The maximum atomic E-state index is 6.06. The summed E-state index contributed by atoms with van der Waals surface area (Å²) in [7, 11) is 0. The second-order valence-electron chi connectivity index (χ2n) is 4.69. The van der Waals surface area contributed by atoms with Crippen LogP contribution in [0.2, 0.25) is 0 Å². The van der Waals surface area contributed by atoms with Crippen LogP contribution in [0, 0.1) is 0 Å². The lowest BCUT2D eigenvalue weighted by atomic mass is 10.2. The smallest absolute Gasteiger partial charge is 0.143 e. The molecule has 2 N–H and O–H groups in total. The summed E-state index contributed by atoms with van der Waals surface area (Å²) in [6.45, 7) is 5.97. The van der Waals surface area contributed by atoms with Gasteiger partial charge in [-0.3, -0.25) is 0 Å². The molecule has 2 aromatic rings. The van der Waals surface area contributed by atoms with Gasteiger partial charge in [0.2, 0.25) is 0 Å². The predicted octanol–water partition coefficient (Wildman–Crippen LogP) is 3.56. The highest BCUT2D eigenvalue weighted by molar-refractivity contribution is 9.10. The van der Waals surface area contributed by atoms with Crippen molar-refractivity contribution in [2.75, 3.05) is 18.0 Å². The molecular formula is C15H20BrN3. The van der Waals surface area contributed by atoms with Crippen molar-refractivity contribution in [3.05, 3.63) is 34.8 Å². The first-order valence-electron chi connectivity index (χ1n) is 6.71. The van der Waals surface area contributed by atoms with Gasteiger partial charge in [-0.05, 0) is 41.4 Å². The van der Waals surface area contributed by atoms with Gasteiger partial charge in [0.25, 0.3) is 0 Å². The fourth-order valence-electron chi connectivity index (χ4n) is 2.08. The Morgan fingerprint density at radius 2 is 2.05 bits per heavy atom. The lowest BCUT2D eigenvalue weighted by Crippen LogP contribution is -2.37. The number of hydrogen-bond donors (Lipinski definition) is 1. The number of nitrogens with two attached hydrogens (primary N) is 1. The molecule has 0 spiro atoms.